The zero-order chi connectivity index (χ0) is 35.0. The predicted octanol–water partition coefficient (Wildman–Crippen LogP) is -3.86. The Bertz CT molecular complexity index is 2550. The number of benzene rings is 5. The molecule has 0 bridgehead atoms. The summed E-state index contributed by atoms with van der Waals surface area (Å²) in [6.45, 7) is 0. The first-order chi connectivity index (χ1) is 22.5. The van der Waals surface area contributed by atoms with Gasteiger partial charge in [-0.05, 0) is 72.1 Å². The molecule has 0 aromatic heterocycles. The largest absolute Gasteiger partial charge is 1.00 e. The number of phenolic OH excluding ortho intramolecular Hbond substituents is 1. The molecule has 0 aliphatic rings. The van der Waals surface area contributed by atoms with Gasteiger partial charge in [-0.2, -0.15) is 5.11 Å². The van der Waals surface area contributed by atoms with E-state index in [1.807, 2.05) is 0 Å². The van der Waals surface area contributed by atoms with Crippen molar-refractivity contribution in [1.29, 1.82) is 0 Å². The minimum atomic E-state index is -5.41. The molecule has 0 amide bonds. The molecule has 0 fully saturated rings. The number of nitrogens with two attached hydrogens (primary N) is 1. The number of nitrogen functional groups attached to an aromatic ring is 1. The maximum atomic E-state index is 12.2. The van der Waals surface area contributed by atoms with Gasteiger partial charge in [0.05, 0.1) is 44.5 Å². The fourth-order valence-electron chi connectivity index (χ4n) is 4.45. The Morgan fingerprint density at radius 1 is 0.647 bits per heavy atom. The first-order valence-electron chi connectivity index (χ1n) is 13.0. The van der Waals surface area contributed by atoms with Crippen molar-refractivity contribution in [2.45, 2.75) is 14.7 Å². The molecular weight excluding hydrogens is 762 g/mol. The summed E-state index contributed by atoms with van der Waals surface area (Å²) in [5, 5.41) is 26.6. The fraction of sp³-hybridized carbons (Fsp3) is 0.0357. The van der Waals surface area contributed by atoms with Crippen LogP contribution in [0.4, 0.5) is 34.1 Å². The third-order valence-electron chi connectivity index (χ3n) is 6.64. The Morgan fingerprint density at radius 3 is 1.76 bits per heavy atom. The second-order valence-electron chi connectivity index (χ2n) is 9.74. The summed E-state index contributed by atoms with van der Waals surface area (Å²) in [5.74, 6) is -0.955. The molecule has 0 unspecified atom stereocenters. The zero-order valence-electron chi connectivity index (χ0n) is 27.1. The average Bonchev–Trinajstić information content (AvgIpc) is 3.01. The summed E-state index contributed by atoms with van der Waals surface area (Å²) >= 11 is 0. The van der Waals surface area contributed by atoms with Crippen LogP contribution in [0.5, 0.6) is 5.75 Å². The summed E-state index contributed by atoms with van der Waals surface area (Å²) < 4.78 is 111. The minimum Gasteiger partial charge on any atom is -0.744 e. The van der Waals surface area contributed by atoms with Gasteiger partial charge in [-0.1, -0.05) is 6.07 Å². The summed E-state index contributed by atoms with van der Waals surface area (Å²) in [6, 6.07) is 14.7. The average molecular weight is 781 g/mol. The van der Waals surface area contributed by atoms with E-state index in [-0.39, 0.29) is 122 Å². The number of hydrogen-bond donors (Lipinski definition) is 2. The third-order valence-corrected chi connectivity index (χ3v) is 9.21. The molecule has 5 aromatic rings. The molecule has 0 heterocycles. The van der Waals surface area contributed by atoms with E-state index in [0.29, 0.717) is 23.5 Å². The third kappa shape index (κ3) is 10.4. The first-order valence-corrected chi connectivity index (χ1v) is 17.2. The van der Waals surface area contributed by atoms with E-state index < -0.39 is 62.2 Å². The minimum absolute atomic E-state index is 0. The van der Waals surface area contributed by atoms with Crippen LogP contribution in [0.1, 0.15) is 0 Å². The molecule has 0 aliphatic heterocycles. The van der Waals surface area contributed by atoms with Gasteiger partial charge in [-0.15, -0.1) is 15.3 Å². The number of nitrogens with zero attached hydrogens (tertiary/aromatic N) is 5. The molecular formula is C28H19N6Na3O11S3. The van der Waals surface area contributed by atoms with Crippen molar-refractivity contribution in [3.63, 3.8) is 0 Å². The van der Waals surface area contributed by atoms with Gasteiger partial charge in [-0.3, -0.25) is 0 Å². The molecule has 0 spiro atoms. The van der Waals surface area contributed by atoms with E-state index in [2.05, 4.69) is 25.4 Å². The molecule has 0 atom stereocenters. The molecule has 248 valence electrons. The second-order valence-corrected chi connectivity index (χ2v) is 13.8. The van der Waals surface area contributed by atoms with E-state index in [0.717, 1.165) is 18.2 Å². The van der Waals surface area contributed by atoms with E-state index in [1.54, 1.807) is 24.3 Å². The Kier molecular flexibility index (Phi) is 15.5. The predicted molar refractivity (Wildman–Crippen MR) is 168 cm³/mol. The summed E-state index contributed by atoms with van der Waals surface area (Å²) in [4.78, 5) is 1.34. The van der Waals surface area contributed by atoms with E-state index in [1.165, 1.54) is 31.7 Å². The van der Waals surface area contributed by atoms with E-state index >= 15 is 0 Å². The van der Waals surface area contributed by atoms with Gasteiger partial charge in [0.1, 0.15) is 36.0 Å². The van der Waals surface area contributed by atoms with Gasteiger partial charge in [0.15, 0.2) is 12.2 Å². The number of methoxy groups -OCH3 is 1. The van der Waals surface area contributed by atoms with Crippen LogP contribution in [0.3, 0.4) is 0 Å². The number of fused-ring (bicyclic) bond motifs is 2. The van der Waals surface area contributed by atoms with Crippen LogP contribution in [-0.4, -0.2) is 57.5 Å². The van der Waals surface area contributed by atoms with Crippen LogP contribution in [0.2, 0.25) is 0 Å². The van der Waals surface area contributed by atoms with Gasteiger partial charge in [0, 0.05) is 21.8 Å². The van der Waals surface area contributed by atoms with Gasteiger partial charge in [0.25, 0.3) is 0 Å². The number of rotatable bonds is 9. The van der Waals surface area contributed by atoms with Gasteiger partial charge in [0.2, 0.25) is 0 Å². The van der Waals surface area contributed by atoms with Gasteiger partial charge >= 0.3 is 88.7 Å². The number of anilines is 1. The van der Waals surface area contributed by atoms with Crippen molar-refractivity contribution in [2.24, 2.45) is 25.4 Å². The van der Waals surface area contributed by atoms with Crippen molar-refractivity contribution in [3.8, 4) is 5.75 Å². The van der Waals surface area contributed by atoms with Crippen LogP contribution in [0.25, 0.3) is 21.5 Å². The molecule has 3 N–H and O–H groups in total. The summed E-state index contributed by atoms with van der Waals surface area (Å²) in [7, 11) is -14.1. The number of aliphatic imine (C=N–C) groups is 1. The monoisotopic (exact) mass is 780 g/mol. The summed E-state index contributed by atoms with van der Waals surface area (Å²) in [6.07, 6.45) is 1.25. The number of ether oxygens (including phenoxy) is 1. The number of azo groups is 2. The molecule has 0 radical (unpaired) electrons. The maximum absolute atomic E-state index is 12.2. The van der Waals surface area contributed by atoms with Crippen molar-refractivity contribution in [3.05, 3.63) is 72.8 Å². The van der Waals surface area contributed by atoms with Gasteiger partial charge < -0.3 is 29.2 Å². The smallest absolute Gasteiger partial charge is 0.744 e. The number of hydrogen-bond acceptors (Lipinski definition) is 17. The maximum Gasteiger partial charge on any atom is 1.00 e. The SMILES string of the molecule is COC=Nc1ccc(N=Nc2ccc(N=Nc3c(S(=O)(=O)[O-])cc4cc(S(=O)(=O)[O-])c(N)cc4c3O)c3cc(S(=O)(=O)[O-])ccc23)cc1.[Na+].[Na+].[Na+]. The molecule has 17 nitrogen and oxygen atoms in total. The second kappa shape index (κ2) is 17.6. The quantitative estimate of drug-likeness (QED) is 0.0363. The topological polar surface area (TPSA) is 289 Å². The molecule has 0 saturated heterocycles. The van der Waals surface area contributed by atoms with Crippen LogP contribution in [0, 0.1) is 0 Å². The van der Waals surface area contributed by atoms with E-state index in [9.17, 15) is 44.0 Å². The first kappa shape index (κ1) is 44.8. The van der Waals surface area contributed by atoms with E-state index in [4.69, 9.17) is 10.5 Å². The molecule has 23 heteroatoms. The molecule has 51 heavy (non-hydrogen) atoms. The van der Waals surface area contributed by atoms with Crippen molar-refractivity contribution >= 4 is 92.4 Å². The van der Waals surface area contributed by atoms with Crippen LogP contribution in [0.15, 0.2) is 113 Å². The number of phenols is 1. The van der Waals surface area contributed by atoms with Gasteiger partial charge in [-0.25, -0.2) is 30.2 Å². The standard InChI is InChI=1S/C28H22N6O11S3.3Na/c1-45-14-30-16-2-4-17(5-3-16)31-32-23-8-9-24(21-12-18(46(36,37)38)6-7-19(21)23)33-34-27-26(48(42,43)44)11-15-10-25(47(39,40)41)22(29)13-20(15)28(27)35;;;/h2-14,35H,29H2,1H3,(H,36,37,38)(H,39,40,41)(H,42,43,44);;;/q;3*+1/p-3. The van der Waals surface area contributed by atoms with Crippen LogP contribution >= 0.6 is 0 Å². The Balaban J connectivity index is 0.00000300. The molecule has 0 saturated carbocycles. The Labute approximate surface area is 357 Å². The zero-order valence-corrected chi connectivity index (χ0v) is 35.5. The normalized spacial score (nSPS) is 12.2. The Morgan fingerprint density at radius 2 is 1.20 bits per heavy atom. The summed E-state index contributed by atoms with van der Waals surface area (Å²) in [5.41, 5.74) is 5.24. The fourth-order valence-corrected chi connectivity index (χ4v) is 6.22. The molecule has 5 aromatic carbocycles. The van der Waals surface area contributed by atoms with Crippen molar-refractivity contribution < 1.29 is 137 Å². The van der Waals surface area contributed by atoms with Crippen molar-refractivity contribution in [2.75, 3.05) is 12.8 Å². The van der Waals surface area contributed by atoms with Crippen LogP contribution in [-0.2, 0) is 35.1 Å². The molecule has 0 aliphatic carbocycles. The molecule has 5 rings (SSSR count). The van der Waals surface area contributed by atoms with Crippen LogP contribution < -0.4 is 94.4 Å². The Hall–Kier alpha value is -2.38. The van der Waals surface area contributed by atoms with Crippen molar-refractivity contribution in [1.82, 2.24) is 0 Å². The number of aromatic hydroxyl groups is 1.